The third kappa shape index (κ3) is 4.69. The summed E-state index contributed by atoms with van der Waals surface area (Å²) >= 11 is 6.27. The van der Waals surface area contributed by atoms with E-state index in [9.17, 15) is 9.59 Å². The van der Waals surface area contributed by atoms with Crippen LogP contribution in [0.15, 0.2) is 54.7 Å². The van der Waals surface area contributed by atoms with E-state index in [1.165, 1.54) is 21.1 Å². The number of aromatic nitrogens is 1. The summed E-state index contributed by atoms with van der Waals surface area (Å²) < 4.78 is 10.5. The van der Waals surface area contributed by atoms with E-state index in [1.54, 1.807) is 54.7 Å². The molecule has 8 heteroatoms. The van der Waals surface area contributed by atoms with Crippen molar-refractivity contribution in [3.05, 3.63) is 65.3 Å². The van der Waals surface area contributed by atoms with Crippen LogP contribution in [-0.2, 0) is 4.79 Å². The number of amides is 2. The third-order valence-electron chi connectivity index (χ3n) is 4.26. The Morgan fingerprint density at radius 1 is 1.00 bits per heavy atom. The average Bonchev–Trinajstić information content (AvgIpc) is 2.75. The molecule has 0 aliphatic carbocycles. The van der Waals surface area contributed by atoms with Gasteiger partial charge in [0.15, 0.2) is 0 Å². The summed E-state index contributed by atoms with van der Waals surface area (Å²) in [4.78, 5) is 28.5. The average molecular weight is 426 g/mol. The van der Waals surface area contributed by atoms with Crippen LogP contribution in [0.3, 0.4) is 0 Å². The van der Waals surface area contributed by atoms with Gasteiger partial charge in [0.05, 0.1) is 30.6 Å². The van der Waals surface area contributed by atoms with Crippen LogP contribution in [0.2, 0.25) is 5.02 Å². The number of hydrogen-bond acceptors (Lipinski definition) is 5. The maximum Gasteiger partial charge on any atom is 0.255 e. The van der Waals surface area contributed by atoms with Crippen molar-refractivity contribution in [1.29, 1.82) is 0 Å². The minimum atomic E-state index is -0.352. The fourth-order valence-electron chi connectivity index (χ4n) is 2.85. The number of rotatable bonds is 6. The molecule has 3 rings (SSSR count). The monoisotopic (exact) mass is 425 g/mol. The lowest BCUT2D eigenvalue weighted by atomic mass is 10.1. The first kappa shape index (κ1) is 21.1. The zero-order valence-corrected chi connectivity index (χ0v) is 17.4. The maximum atomic E-state index is 12.7. The lowest BCUT2D eigenvalue weighted by Crippen LogP contribution is -2.13. The van der Waals surface area contributed by atoms with E-state index < -0.39 is 0 Å². The van der Waals surface area contributed by atoms with E-state index >= 15 is 0 Å². The molecule has 154 valence electrons. The fourth-order valence-corrected chi connectivity index (χ4v) is 3.10. The molecule has 1 aromatic heterocycles. The van der Waals surface area contributed by atoms with Crippen molar-refractivity contribution in [1.82, 2.24) is 4.98 Å². The second-order valence-electron chi connectivity index (χ2n) is 6.30. The molecular weight excluding hydrogens is 406 g/mol. The SMILES string of the molecule is COc1cc(Cl)c(NC(=O)c2ccc(-c3ncccc3NC(C)=O)cc2)c(OC)c1. The van der Waals surface area contributed by atoms with Crippen molar-refractivity contribution < 1.29 is 19.1 Å². The number of pyridine rings is 1. The van der Waals surface area contributed by atoms with Crippen LogP contribution in [0, 0.1) is 0 Å². The van der Waals surface area contributed by atoms with Gasteiger partial charge < -0.3 is 20.1 Å². The molecule has 0 bridgehead atoms. The summed E-state index contributed by atoms with van der Waals surface area (Å²) in [5, 5.41) is 5.82. The summed E-state index contributed by atoms with van der Waals surface area (Å²) in [5.74, 6) is 0.364. The van der Waals surface area contributed by atoms with Gasteiger partial charge in [0, 0.05) is 36.4 Å². The third-order valence-corrected chi connectivity index (χ3v) is 4.56. The molecule has 3 aromatic rings. The van der Waals surface area contributed by atoms with Gasteiger partial charge in [-0.05, 0) is 24.3 Å². The normalized spacial score (nSPS) is 10.3. The molecule has 0 fully saturated rings. The standard InChI is InChI=1S/C22H20ClN3O4/c1-13(27)25-18-5-4-10-24-20(18)14-6-8-15(9-7-14)22(28)26-21-17(23)11-16(29-2)12-19(21)30-3/h4-12H,1-3H3,(H,25,27)(H,26,28). The zero-order chi connectivity index (χ0) is 21.7. The Kier molecular flexibility index (Phi) is 6.54. The topological polar surface area (TPSA) is 89.5 Å². The minimum absolute atomic E-state index is 0.189. The van der Waals surface area contributed by atoms with Gasteiger partial charge in [0.25, 0.3) is 5.91 Å². The van der Waals surface area contributed by atoms with Gasteiger partial charge in [-0.1, -0.05) is 23.7 Å². The molecule has 1 heterocycles. The van der Waals surface area contributed by atoms with Crippen LogP contribution in [0.4, 0.5) is 11.4 Å². The molecule has 0 saturated carbocycles. The lowest BCUT2D eigenvalue weighted by Gasteiger charge is -2.14. The van der Waals surface area contributed by atoms with Crippen LogP contribution in [0.1, 0.15) is 17.3 Å². The number of nitrogens with one attached hydrogen (secondary N) is 2. The smallest absolute Gasteiger partial charge is 0.255 e. The Hall–Kier alpha value is -3.58. The summed E-state index contributed by atoms with van der Waals surface area (Å²) in [6.07, 6.45) is 1.64. The molecule has 0 aliphatic rings. The second kappa shape index (κ2) is 9.28. The Morgan fingerprint density at radius 3 is 2.37 bits per heavy atom. The highest BCUT2D eigenvalue weighted by molar-refractivity contribution is 6.34. The van der Waals surface area contributed by atoms with Gasteiger partial charge in [-0.15, -0.1) is 0 Å². The minimum Gasteiger partial charge on any atom is -0.497 e. The second-order valence-corrected chi connectivity index (χ2v) is 6.71. The number of benzene rings is 2. The summed E-state index contributed by atoms with van der Waals surface area (Å²) in [7, 11) is 3.00. The van der Waals surface area contributed by atoms with E-state index in [2.05, 4.69) is 15.6 Å². The number of ether oxygens (including phenoxy) is 2. The fraction of sp³-hybridized carbons (Fsp3) is 0.136. The van der Waals surface area contributed by atoms with Gasteiger partial charge in [0.1, 0.15) is 17.2 Å². The molecule has 0 atom stereocenters. The molecule has 0 saturated heterocycles. The molecule has 0 radical (unpaired) electrons. The van der Waals surface area contributed by atoms with Crippen molar-refractivity contribution in [3.8, 4) is 22.8 Å². The number of hydrogen-bond donors (Lipinski definition) is 2. The van der Waals surface area contributed by atoms with Crippen molar-refractivity contribution in [3.63, 3.8) is 0 Å². The number of carbonyl (C=O) groups is 2. The molecule has 0 aliphatic heterocycles. The Bertz CT molecular complexity index is 1080. The van der Waals surface area contributed by atoms with Crippen LogP contribution in [0.25, 0.3) is 11.3 Å². The molecule has 30 heavy (non-hydrogen) atoms. The highest BCUT2D eigenvalue weighted by Gasteiger charge is 2.16. The summed E-state index contributed by atoms with van der Waals surface area (Å²) in [6.45, 7) is 1.43. The Balaban J connectivity index is 1.84. The number of nitrogens with zero attached hydrogens (tertiary/aromatic N) is 1. The molecular formula is C22H20ClN3O4. The number of anilines is 2. The molecule has 2 aromatic carbocycles. The van der Waals surface area contributed by atoms with Gasteiger partial charge >= 0.3 is 0 Å². The van der Waals surface area contributed by atoms with Crippen molar-refractivity contribution in [2.45, 2.75) is 6.92 Å². The maximum absolute atomic E-state index is 12.7. The van der Waals surface area contributed by atoms with Crippen molar-refractivity contribution in [2.24, 2.45) is 0 Å². The van der Waals surface area contributed by atoms with Crippen LogP contribution < -0.4 is 20.1 Å². The first-order valence-corrected chi connectivity index (χ1v) is 9.36. The van der Waals surface area contributed by atoms with Gasteiger partial charge in [-0.25, -0.2) is 0 Å². The Labute approximate surface area is 179 Å². The lowest BCUT2D eigenvalue weighted by molar-refractivity contribution is -0.114. The van der Waals surface area contributed by atoms with E-state index in [0.29, 0.717) is 39.2 Å². The van der Waals surface area contributed by atoms with E-state index in [1.807, 2.05) is 0 Å². The van der Waals surface area contributed by atoms with Gasteiger partial charge in [-0.2, -0.15) is 0 Å². The predicted octanol–water partition coefficient (Wildman–Crippen LogP) is 4.63. The largest absolute Gasteiger partial charge is 0.497 e. The molecule has 2 amide bonds. The van der Waals surface area contributed by atoms with Crippen molar-refractivity contribution >= 4 is 34.8 Å². The molecule has 0 spiro atoms. The first-order valence-electron chi connectivity index (χ1n) is 8.99. The molecule has 2 N–H and O–H groups in total. The summed E-state index contributed by atoms with van der Waals surface area (Å²) in [5.41, 5.74) is 2.74. The summed E-state index contributed by atoms with van der Waals surface area (Å²) in [6, 6.07) is 13.6. The van der Waals surface area contributed by atoms with Gasteiger partial charge in [-0.3, -0.25) is 14.6 Å². The molecule has 7 nitrogen and oxygen atoms in total. The number of carbonyl (C=O) groups excluding carboxylic acids is 2. The van der Waals surface area contributed by atoms with Gasteiger partial charge in [0.2, 0.25) is 5.91 Å². The first-order chi connectivity index (χ1) is 14.4. The highest BCUT2D eigenvalue weighted by Crippen LogP contribution is 2.37. The van der Waals surface area contributed by atoms with E-state index in [-0.39, 0.29) is 11.8 Å². The van der Waals surface area contributed by atoms with Crippen LogP contribution in [-0.4, -0.2) is 31.0 Å². The van der Waals surface area contributed by atoms with Crippen LogP contribution >= 0.6 is 11.6 Å². The van der Waals surface area contributed by atoms with E-state index in [0.717, 1.165) is 5.56 Å². The number of halogens is 1. The van der Waals surface area contributed by atoms with E-state index in [4.69, 9.17) is 21.1 Å². The highest BCUT2D eigenvalue weighted by atomic mass is 35.5. The predicted molar refractivity (Wildman–Crippen MR) is 116 cm³/mol. The van der Waals surface area contributed by atoms with Crippen molar-refractivity contribution in [2.75, 3.05) is 24.9 Å². The zero-order valence-electron chi connectivity index (χ0n) is 16.7. The quantitative estimate of drug-likeness (QED) is 0.601. The molecule has 0 unspecified atom stereocenters. The Morgan fingerprint density at radius 2 is 1.73 bits per heavy atom. The number of methoxy groups -OCH3 is 2. The van der Waals surface area contributed by atoms with Crippen LogP contribution in [0.5, 0.6) is 11.5 Å².